The lowest BCUT2D eigenvalue weighted by Crippen LogP contribution is -2.45. The van der Waals surface area contributed by atoms with Crippen LogP contribution < -0.4 is 4.90 Å². The average Bonchev–Trinajstić information content (AvgIpc) is 2.87. The van der Waals surface area contributed by atoms with Crippen LogP contribution in [0, 0.1) is 11.3 Å². The number of halogens is 1. The molecule has 0 spiro atoms. The second-order valence-electron chi connectivity index (χ2n) is 4.86. The van der Waals surface area contributed by atoms with E-state index >= 15 is 0 Å². The van der Waals surface area contributed by atoms with Crippen molar-refractivity contribution in [2.45, 2.75) is 12.5 Å². The minimum atomic E-state index is 0.207. The third-order valence-electron chi connectivity index (χ3n) is 3.41. The molecule has 1 saturated heterocycles. The van der Waals surface area contributed by atoms with Crippen LogP contribution in [0.25, 0.3) is 0 Å². The van der Waals surface area contributed by atoms with Gasteiger partial charge >= 0.3 is 0 Å². The Bertz CT molecular complexity index is 689. The van der Waals surface area contributed by atoms with E-state index in [4.69, 9.17) is 9.26 Å². The molecule has 0 saturated carbocycles. The molecular weight excluding hydrogens is 336 g/mol. The topological polar surface area (TPSA) is 75.2 Å². The summed E-state index contributed by atoms with van der Waals surface area (Å²) in [7, 11) is 1.60. The van der Waals surface area contributed by atoms with E-state index in [0.717, 1.165) is 23.2 Å². The Morgan fingerprint density at radius 2 is 2.33 bits per heavy atom. The highest BCUT2D eigenvalue weighted by Gasteiger charge is 2.33. The second kappa shape index (κ2) is 5.84. The van der Waals surface area contributed by atoms with Gasteiger partial charge in [-0.3, -0.25) is 0 Å². The van der Waals surface area contributed by atoms with Crippen molar-refractivity contribution in [2.75, 3.05) is 25.1 Å². The van der Waals surface area contributed by atoms with Crippen molar-refractivity contribution in [1.29, 1.82) is 5.26 Å². The summed E-state index contributed by atoms with van der Waals surface area (Å²) in [6.45, 7) is 1.89. The second-order valence-corrected chi connectivity index (χ2v) is 5.77. The first-order valence-electron chi connectivity index (χ1n) is 6.47. The molecule has 2 heterocycles. The molecule has 108 valence electrons. The molecule has 1 aromatic heterocycles. The molecule has 21 heavy (non-hydrogen) atoms. The van der Waals surface area contributed by atoms with E-state index in [1.807, 2.05) is 18.2 Å². The molecule has 1 aliphatic rings. The van der Waals surface area contributed by atoms with Crippen molar-refractivity contribution in [1.82, 2.24) is 10.1 Å². The van der Waals surface area contributed by atoms with Crippen LogP contribution in [0.5, 0.6) is 0 Å². The Morgan fingerprint density at radius 1 is 1.52 bits per heavy atom. The van der Waals surface area contributed by atoms with Gasteiger partial charge < -0.3 is 14.2 Å². The van der Waals surface area contributed by atoms with Crippen molar-refractivity contribution in [3.05, 3.63) is 40.0 Å². The van der Waals surface area contributed by atoms with Crippen molar-refractivity contribution >= 4 is 21.6 Å². The van der Waals surface area contributed by atoms with Crippen molar-refractivity contribution < 1.29 is 9.26 Å². The predicted molar refractivity (Wildman–Crippen MR) is 78.8 cm³/mol. The number of hydrogen-bond donors (Lipinski definition) is 0. The van der Waals surface area contributed by atoms with E-state index in [1.54, 1.807) is 7.11 Å². The third kappa shape index (κ3) is 2.77. The van der Waals surface area contributed by atoms with Crippen molar-refractivity contribution in [3.8, 4) is 6.07 Å². The van der Waals surface area contributed by atoms with Crippen LogP contribution in [0.2, 0.25) is 0 Å². The first-order chi connectivity index (χ1) is 10.2. The van der Waals surface area contributed by atoms with E-state index in [9.17, 15) is 5.26 Å². The molecule has 1 fully saturated rings. The molecule has 0 atom stereocenters. The number of benzene rings is 1. The van der Waals surface area contributed by atoms with Crippen LogP contribution in [0.15, 0.2) is 27.2 Å². The Hall–Kier alpha value is -1.91. The van der Waals surface area contributed by atoms with Gasteiger partial charge in [-0.25, -0.2) is 0 Å². The van der Waals surface area contributed by atoms with Gasteiger partial charge in [0.1, 0.15) is 12.7 Å². The highest BCUT2D eigenvalue weighted by Crippen LogP contribution is 2.33. The zero-order chi connectivity index (χ0) is 14.8. The minimum Gasteiger partial charge on any atom is -0.377 e. The van der Waals surface area contributed by atoms with E-state index in [0.29, 0.717) is 23.9 Å². The molecule has 0 N–H and O–H groups in total. The summed E-state index contributed by atoms with van der Waals surface area (Å²) in [5, 5.41) is 13.1. The molecule has 1 aliphatic heterocycles. The summed E-state index contributed by atoms with van der Waals surface area (Å²) >= 11 is 3.38. The Balaban J connectivity index is 1.69. The zero-order valence-corrected chi connectivity index (χ0v) is 13.0. The minimum absolute atomic E-state index is 0.207. The Morgan fingerprint density at radius 3 is 3.05 bits per heavy atom. The number of nitriles is 1. The van der Waals surface area contributed by atoms with Gasteiger partial charge in [0.15, 0.2) is 5.82 Å². The number of methoxy groups -OCH3 is 1. The van der Waals surface area contributed by atoms with Crippen molar-refractivity contribution in [3.63, 3.8) is 0 Å². The summed E-state index contributed by atoms with van der Waals surface area (Å²) in [5.74, 6) is 1.40. The van der Waals surface area contributed by atoms with Gasteiger partial charge in [-0.05, 0) is 18.2 Å². The summed E-state index contributed by atoms with van der Waals surface area (Å²) in [6, 6.07) is 7.93. The standard InChI is InChI=1S/C14H13BrN4O2/c1-20-8-13-17-14(21-18-13)10-6-19(7-10)12-3-2-11(15)4-9(12)5-16/h2-4,10H,6-8H2,1H3. The van der Waals surface area contributed by atoms with Crippen LogP contribution >= 0.6 is 15.9 Å². The number of rotatable bonds is 4. The van der Waals surface area contributed by atoms with Crippen LogP contribution in [0.4, 0.5) is 5.69 Å². The molecular formula is C14H13BrN4O2. The lowest BCUT2D eigenvalue weighted by molar-refractivity contribution is 0.174. The fraction of sp³-hybridized carbons (Fsp3) is 0.357. The molecule has 6 nitrogen and oxygen atoms in total. The van der Waals surface area contributed by atoms with Gasteiger partial charge in [0.2, 0.25) is 5.89 Å². The monoisotopic (exact) mass is 348 g/mol. The van der Waals surface area contributed by atoms with Crippen LogP contribution in [0.1, 0.15) is 23.2 Å². The summed E-state index contributed by atoms with van der Waals surface area (Å²) in [5.41, 5.74) is 1.60. The van der Waals surface area contributed by atoms with E-state index < -0.39 is 0 Å². The average molecular weight is 349 g/mol. The van der Waals surface area contributed by atoms with Gasteiger partial charge in [0.05, 0.1) is 17.2 Å². The number of aromatic nitrogens is 2. The highest BCUT2D eigenvalue weighted by molar-refractivity contribution is 9.10. The molecule has 2 aromatic rings. The summed E-state index contributed by atoms with van der Waals surface area (Å²) < 4.78 is 11.1. The maximum absolute atomic E-state index is 9.20. The van der Waals surface area contributed by atoms with Gasteiger partial charge in [-0.15, -0.1) is 0 Å². The Labute approximate surface area is 130 Å². The Kier molecular flexibility index (Phi) is 3.90. The third-order valence-corrected chi connectivity index (χ3v) is 3.90. The van der Waals surface area contributed by atoms with E-state index in [-0.39, 0.29) is 5.92 Å². The molecule has 0 radical (unpaired) electrons. The maximum atomic E-state index is 9.20. The maximum Gasteiger partial charge on any atom is 0.233 e. The zero-order valence-electron chi connectivity index (χ0n) is 11.4. The van der Waals surface area contributed by atoms with Crippen molar-refractivity contribution in [2.24, 2.45) is 0 Å². The summed E-state index contributed by atoms with van der Waals surface area (Å²) in [6.07, 6.45) is 0. The molecule has 7 heteroatoms. The van der Waals surface area contributed by atoms with Crippen LogP contribution in [-0.4, -0.2) is 30.3 Å². The molecule has 1 aromatic carbocycles. The van der Waals surface area contributed by atoms with Gasteiger partial charge in [0.25, 0.3) is 0 Å². The van der Waals surface area contributed by atoms with E-state index in [1.165, 1.54) is 0 Å². The highest BCUT2D eigenvalue weighted by atomic mass is 79.9. The quantitative estimate of drug-likeness (QED) is 0.844. The van der Waals surface area contributed by atoms with Gasteiger partial charge in [-0.2, -0.15) is 10.2 Å². The molecule has 3 rings (SSSR count). The lowest BCUT2D eigenvalue weighted by Gasteiger charge is -2.39. The first kappa shape index (κ1) is 14.0. The molecule has 0 aliphatic carbocycles. The van der Waals surface area contributed by atoms with Crippen LogP contribution in [0.3, 0.4) is 0 Å². The fourth-order valence-electron chi connectivity index (χ4n) is 2.33. The SMILES string of the molecule is COCc1noc(C2CN(c3ccc(Br)cc3C#N)C2)n1. The molecule has 0 amide bonds. The van der Waals surface area contributed by atoms with Gasteiger partial charge in [0, 0.05) is 24.7 Å². The normalized spacial score (nSPS) is 14.8. The smallest absolute Gasteiger partial charge is 0.233 e. The predicted octanol–water partition coefficient (Wildman–Crippen LogP) is 2.45. The molecule has 0 unspecified atom stereocenters. The fourth-order valence-corrected chi connectivity index (χ4v) is 2.69. The van der Waals surface area contributed by atoms with Crippen LogP contribution in [-0.2, 0) is 11.3 Å². The number of nitrogens with zero attached hydrogens (tertiary/aromatic N) is 4. The number of hydrogen-bond acceptors (Lipinski definition) is 6. The number of ether oxygens (including phenoxy) is 1. The lowest BCUT2D eigenvalue weighted by atomic mass is 9.98. The van der Waals surface area contributed by atoms with E-state index in [2.05, 4.69) is 37.0 Å². The first-order valence-corrected chi connectivity index (χ1v) is 7.26. The largest absolute Gasteiger partial charge is 0.377 e. The summed E-state index contributed by atoms with van der Waals surface area (Å²) in [4.78, 5) is 6.44. The number of anilines is 1. The van der Waals surface area contributed by atoms with Gasteiger partial charge in [-0.1, -0.05) is 21.1 Å². The molecule has 0 bridgehead atoms.